The summed E-state index contributed by atoms with van der Waals surface area (Å²) in [6.07, 6.45) is 5.43. The Balaban J connectivity index is 2.16. The predicted molar refractivity (Wildman–Crippen MR) is 80.8 cm³/mol. The van der Waals surface area contributed by atoms with Crippen LogP contribution in [0, 0.1) is 0 Å². The lowest BCUT2D eigenvalue weighted by molar-refractivity contribution is 0.598. The van der Waals surface area contributed by atoms with Gasteiger partial charge in [-0.15, -0.1) is 0 Å². The summed E-state index contributed by atoms with van der Waals surface area (Å²) in [5.74, 6) is 0. The number of sulfonamides is 1. The van der Waals surface area contributed by atoms with E-state index in [9.17, 15) is 8.42 Å². The van der Waals surface area contributed by atoms with E-state index in [2.05, 4.69) is 11.6 Å². The van der Waals surface area contributed by atoms with Gasteiger partial charge in [0.25, 0.3) is 0 Å². The lowest BCUT2D eigenvalue weighted by atomic mass is 10.2. The van der Waals surface area contributed by atoms with E-state index in [1.165, 1.54) is 18.6 Å². The molecule has 2 unspecified atom stereocenters. The second kappa shape index (κ2) is 5.60. The Hall–Kier alpha value is -0.920. The molecule has 1 aliphatic rings. The van der Waals surface area contributed by atoms with Crippen molar-refractivity contribution in [2.75, 3.05) is 17.3 Å². The summed E-state index contributed by atoms with van der Waals surface area (Å²) in [5.41, 5.74) is 7.07. The first-order valence-corrected chi connectivity index (χ1v) is 8.95. The normalized spacial score (nSPS) is 23.5. The van der Waals surface area contributed by atoms with Crippen LogP contribution in [-0.4, -0.2) is 26.0 Å². The van der Waals surface area contributed by atoms with E-state index in [1.54, 1.807) is 6.07 Å². The fourth-order valence-electron chi connectivity index (χ4n) is 2.34. The average molecular weight is 301 g/mol. The van der Waals surface area contributed by atoms with Crippen LogP contribution in [0.3, 0.4) is 0 Å². The number of rotatable bonds is 4. The maximum atomic E-state index is 11.3. The zero-order chi connectivity index (χ0) is 14.0. The minimum absolute atomic E-state index is 0.0867. The van der Waals surface area contributed by atoms with Gasteiger partial charge >= 0.3 is 0 Å². The third-order valence-corrected chi connectivity index (χ3v) is 5.44. The van der Waals surface area contributed by atoms with Crippen LogP contribution in [0.25, 0.3) is 0 Å². The Morgan fingerprint density at radius 2 is 2.11 bits per heavy atom. The third-order valence-electron chi connectivity index (χ3n) is 3.43. The van der Waals surface area contributed by atoms with Gasteiger partial charge in [0.1, 0.15) is 0 Å². The van der Waals surface area contributed by atoms with E-state index < -0.39 is 10.0 Å². The van der Waals surface area contributed by atoms with Gasteiger partial charge < -0.3 is 11.1 Å². The number of nitrogen functional groups attached to an aromatic ring is 1. The lowest BCUT2D eigenvalue weighted by Gasteiger charge is -2.16. The molecule has 0 spiro atoms. The SMILES string of the molecule is CSC1CCC(Nc2cc(S(N)(=O)=O)ccc2N)C1. The van der Waals surface area contributed by atoms with E-state index in [4.69, 9.17) is 10.9 Å². The quantitative estimate of drug-likeness (QED) is 0.734. The van der Waals surface area contributed by atoms with Gasteiger partial charge in [-0.3, -0.25) is 0 Å². The summed E-state index contributed by atoms with van der Waals surface area (Å²) >= 11 is 1.87. The number of nitrogens with two attached hydrogens (primary N) is 2. The molecule has 19 heavy (non-hydrogen) atoms. The third kappa shape index (κ3) is 3.55. The molecule has 0 amide bonds. The molecule has 5 N–H and O–H groups in total. The molecular formula is C12H19N3O2S2. The van der Waals surface area contributed by atoms with E-state index >= 15 is 0 Å². The first kappa shape index (κ1) is 14.5. The van der Waals surface area contributed by atoms with Crippen molar-refractivity contribution < 1.29 is 8.42 Å². The standard InChI is InChI=1S/C12H19N3O2S2/c1-18-9-3-2-8(6-9)15-12-7-10(19(14,16)17)4-5-11(12)13/h4-5,7-9,15H,2-3,6,13H2,1H3,(H2,14,16,17). The molecule has 5 nitrogen and oxygen atoms in total. The summed E-state index contributed by atoms with van der Waals surface area (Å²) < 4.78 is 22.7. The van der Waals surface area contributed by atoms with E-state index in [1.807, 2.05) is 11.8 Å². The predicted octanol–water partition coefficient (Wildman–Crippen LogP) is 1.61. The number of benzene rings is 1. The van der Waals surface area contributed by atoms with Gasteiger partial charge in [0.05, 0.1) is 16.3 Å². The van der Waals surface area contributed by atoms with Crippen LogP contribution in [0.15, 0.2) is 23.1 Å². The van der Waals surface area contributed by atoms with Gasteiger partial charge in [0.2, 0.25) is 10.0 Å². The van der Waals surface area contributed by atoms with Crippen molar-refractivity contribution in [1.29, 1.82) is 0 Å². The number of thioether (sulfide) groups is 1. The fraction of sp³-hybridized carbons (Fsp3) is 0.500. The molecule has 1 aromatic carbocycles. The molecule has 2 rings (SSSR count). The summed E-state index contributed by atoms with van der Waals surface area (Å²) in [5, 5.41) is 9.12. The second-order valence-electron chi connectivity index (χ2n) is 4.81. The molecule has 0 saturated heterocycles. The van der Waals surface area contributed by atoms with Crippen molar-refractivity contribution in [3.05, 3.63) is 18.2 Å². The molecule has 2 atom stereocenters. The molecule has 1 aliphatic carbocycles. The van der Waals surface area contributed by atoms with Crippen molar-refractivity contribution >= 4 is 33.2 Å². The van der Waals surface area contributed by atoms with Gasteiger partial charge in [-0.25, -0.2) is 13.6 Å². The van der Waals surface area contributed by atoms with Gasteiger partial charge in [0, 0.05) is 11.3 Å². The highest BCUT2D eigenvalue weighted by atomic mass is 32.2. The number of hydrogen-bond donors (Lipinski definition) is 3. The van der Waals surface area contributed by atoms with Crippen molar-refractivity contribution in [1.82, 2.24) is 0 Å². The van der Waals surface area contributed by atoms with Crippen LogP contribution in [0.2, 0.25) is 0 Å². The Labute approximate surface area is 118 Å². The number of primary sulfonamides is 1. The van der Waals surface area contributed by atoms with E-state index in [-0.39, 0.29) is 4.90 Å². The van der Waals surface area contributed by atoms with Gasteiger partial charge in [-0.2, -0.15) is 11.8 Å². The zero-order valence-electron chi connectivity index (χ0n) is 10.8. The molecule has 106 valence electrons. The van der Waals surface area contributed by atoms with Crippen LogP contribution in [0.1, 0.15) is 19.3 Å². The van der Waals surface area contributed by atoms with Crippen molar-refractivity contribution in [3.8, 4) is 0 Å². The number of anilines is 2. The molecule has 0 bridgehead atoms. The Kier molecular flexibility index (Phi) is 4.27. The molecule has 0 aromatic heterocycles. The first-order valence-electron chi connectivity index (χ1n) is 6.12. The highest BCUT2D eigenvalue weighted by Crippen LogP contribution is 2.32. The molecular weight excluding hydrogens is 282 g/mol. The monoisotopic (exact) mass is 301 g/mol. The molecule has 1 aromatic rings. The first-order chi connectivity index (χ1) is 8.90. The maximum absolute atomic E-state index is 11.3. The molecule has 7 heteroatoms. The van der Waals surface area contributed by atoms with Crippen molar-refractivity contribution in [3.63, 3.8) is 0 Å². The minimum atomic E-state index is -3.69. The van der Waals surface area contributed by atoms with Crippen LogP contribution in [-0.2, 0) is 10.0 Å². The maximum Gasteiger partial charge on any atom is 0.238 e. The Morgan fingerprint density at radius 3 is 2.68 bits per heavy atom. The Bertz CT molecular complexity index is 560. The van der Waals surface area contributed by atoms with Gasteiger partial charge in [-0.1, -0.05) is 0 Å². The van der Waals surface area contributed by atoms with Crippen molar-refractivity contribution in [2.45, 2.75) is 35.4 Å². The molecule has 1 fully saturated rings. The molecule has 0 aliphatic heterocycles. The number of hydrogen-bond acceptors (Lipinski definition) is 5. The summed E-state index contributed by atoms with van der Waals surface area (Å²) in [6, 6.07) is 4.85. The highest BCUT2D eigenvalue weighted by Gasteiger charge is 2.24. The summed E-state index contributed by atoms with van der Waals surface area (Å²) in [4.78, 5) is 0.0867. The lowest BCUT2D eigenvalue weighted by Crippen LogP contribution is -2.18. The molecule has 0 radical (unpaired) electrons. The van der Waals surface area contributed by atoms with Crippen LogP contribution in [0.5, 0.6) is 0 Å². The average Bonchev–Trinajstić information content (AvgIpc) is 2.78. The van der Waals surface area contributed by atoms with Gasteiger partial charge in [0.15, 0.2) is 0 Å². The largest absolute Gasteiger partial charge is 0.397 e. The number of nitrogens with one attached hydrogen (secondary N) is 1. The van der Waals surface area contributed by atoms with Crippen LogP contribution < -0.4 is 16.2 Å². The Morgan fingerprint density at radius 1 is 1.37 bits per heavy atom. The van der Waals surface area contributed by atoms with Gasteiger partial charge in [-0.05, 0) is 43.7 Å². The van der Waals surface area contributed by atoms with Crippen LogP contribution >= 0.6 is 11.8 Å². The summed E-state index contributed by atoms with van der Waals surface area (Å²) in [6.45, 7) is 0. The highest BCUT2D eigenvalue weighted by molar-refractivity contribution is 7.99. The molecule has 1 saturated carbocycles. The second-order valence-corrected chi connectivity index (χ2v) is 7.51. The smallest absolute Gasteiger partial charge is 0.238 e. The van der Waals surface area contributed by atoms with E-state index in [0.717, 1.165) is 12.8 Å². The fourth-order valence-corrected chi connectivity index (χ4v) is 3.68. The topological polar surface area (TPSA) is 98.2 Å². The zero-order valence-corrected chi connectivity index (χ0v) is 12.4. The van der Waals surface area contributed by atoms with Crippen LogP contribution in [0.4, 0.5) is 11.4 Å². The van der Waals surface area contributed by atoms with Crippen molar-refractivity contribution in [2.24, 2.45) is 5.14 Å². The molecule has 0 heterocycles. The summed E-state index contributed by atoms with van der Waals surface area (Å²) in [7, 11) is -3.69. The van der Waals surface area contributed by atoms with E-state index in [0.29, 0.717) is 22.7 Å². The minimum Gasteiger partial charge on any atom is -0.397 e.